The summed E-state index contributed by atoms with van der Waals surface area (Å²) in [6.07, 6.45) is 0. The molecule has 1 amide bonds. The van der Waals surface area contributed by atoms with E-state index in [2.05, 4.69) is 5.43 Å². The quantitative estimate of drug-likeness (QED) is 0.886. The first-order valence-electron chi connectivity index (χ1n) is 6.34. The molecule has 0 aromatic heterocycles. The first-order chi connectivity index (χ1) is 10.1. The van der Waals surface area contributed by atoms with E-state index >= 15 is 0 Å². The van der Waals surface area contributed by atoms with Gasteiger partial charge in [-0.2, -0.15) is 0 Å². The molecule has 21 heavy (non-hydrogen) atoms. The van der Waals surface area contributed by atoms with Crippen molar-refractivity contribution in [1.29, 1.82) is 0 Å². The predicted molar refractivity (Wildman–Crippen MR) is 79.9 cm³/mol. The van der Waals surface area contributed by atoms with Gasteiger partial charge in [0.05, 0.1) is 10.7 Å². The molecule has 6 heteroatoms. The van der Waals surface area contributed by atoms with Crippen molar-refractivity contribution in [3.8, 4) is 11.5 Å². The molecule has 0 spiro atoms. The Morgan fingerprint density at radius 2 is 2.00 bits per heavy atom. The highest BCUT2D eigenvalue weighted by Crippen LogP contribution is 2.39. The lowest BCUT2D eigenvalue weighted by Gasteiger charge is -2.20. The zero-order valence-corrected chi connectivity index (χ0v) is 12.1. The van der Waals surface area contributed by atoms with Crippen LogP contribution in [-0.2, 0) is 0 Å². The van der Waals surface area contributed by atoms with Gasteiger partial charge in [0.2, 0.25) is 6.79 Å². The van der Waals surface area contributed by atoms with Gasteiger partial charge in [0.25, 0.3) is 5.91 Å². The Labute approximate surface area is 127 Å². The Kier molecular flexibility index (Phi) is 3.58. The fraction of sp³-hybridized carbons (Fsp3) is 0.133. The van der Waals surface area contributed by atoms with Crippen LogP contribution in [0.1, 0.15) is 10.4 Å². The van der Waals surface area contributed by atoms with Gasteiger partial charge in [0.1, 0.15) is 0 Å². The van der Waals surface area contributed by atoms with Crippen LogP contribution in [0.15, 0.2) is 42.5 Å². The summed E-state index contributed by atoms with van der Waals surface area (Å²) in [5.41, 5.74) is 4.05. The monoisotopic (exact) mass is 304 g/mol. The number of amides is 1. The average Bonchev–Trinajstić information content (AvgIpc) is 2.97. The van der Waals surface area contributed by atoms with Crippen molar-refractivity contribution >= 4 is 23.2 Å². The number of carbonyl (C=O) groups excluding carboxylic acids is 1. The second-order valence-corrected chi connectivity index (χ2v) is 4.93. The van der Waals surface area contributed by atoms with Crippen molar-refractivity contribution in [3.63, 3.8) is 0 Å². The van der Waals surface area contributed by atoms with Crippen LogP contribution in [0.5, 0.6) is 11.5 Å². The summed E-state index contributed by atoms with van der Waals surface area (Å²) in [6.45, 7) is 0.115. The van der Waals surface area contributed by atoms with Crippen molar-refractivity contribution in [2.45, 2.75) is 0 Å². The van der Waals surface area contributed by atoms with E-state index in [-0.39, 0.29) is 12.7 Å². The third kappa shape index (κ3) is 2.73. The fourth-order valence-electron chi connectivity index (χ4n) is 2.03. The van der Waals surface area contributed by atoms with Crippen molar-refractivity contribution in [2.75, 3.05) is 18.8 Å². The summed E-state index contributed by atoms with van der Waals surface area (Å²) in [5.74, 6) is 0.682. The molecule has 2 aromatic carbocycles. The van der Waals surface area contributed by atoms with Crippen LogP contribution in [0.25, 0.3) is 0 Å². The minimum absolute atomic E-state index is 0.115. The number of hydrogen-bond donors (Lipinski definition) is 1. The maximum atomic E-state index is 12.3. The van der Waals surface area contributed by atoms with E-state index < -0.39 is 0 Å². The lowest BCUT2D eigenvalue weighted by atomic mass is 10.2. The van der Waals surface area contributed by atoms with E-state index in [4.69, 9.17) is 21.1 Å². The van der Waals surface area contributed by atoms with Crippen LogP contribution >= 0.6 is 11.6 Å². The molecule has 0 bridgehead atoms. The Balaban J connectivity index is 1.78. The molecule has 0 unspecified atom stereocenters. The van der Waals surface area contributed by atoms with E-state index in [9.17, 15) is 4.79 Å². The van der Waals surface area contributed by atoms with E-state index in [0.29, 0.717) is 22.1 Å². The first-order valence-corrected chi connectivity index (χ1v) is 6.72. The number of fused-ring (bicyclic) bond motifs is 1. The Bertz CT molecular complexity index is 676. The molecule has 1 N–H and O–H groups in total. The second kappa shape index (κ2) is 5.54. The highest BCUT2D eigenvalue weighted by Gasteiger charge is 2.21. The van der Waals surface area contributed by atoms with Crippen LogP contribution in [-0.4, -0.2) is 19.7 Å². The molecule has 0 radical (unpaired) electrons. The van der Waals surface area contributed by atoms with Gasteiger partial charge < -0.3 is 9.47 Å². The van der Waals surface area contributed by atoms with Crippen LogP contribution in [0.2, 0.25) is 5.02 Å². The van der Waals surface area contributed by atoms with Gasteiger partial charge in [0, 0.05) is 12.6 Å². The van der Waals surface area contributed by atoms with Gasteiger partial charge in [-0.3, -0.25) is 15.2 Å². The predicted octanol–water partition coefficient (Wildman–Crippen LogP) is 2.85. The van der Waals surface area contributed by atoms with Crippen LogP contribution in [0, 0.1) is 0 Å². The normalized spacial score (nSPS) is 12.1. The molecule has 2 aromatic rings. The third-order valence-electron chi connectivity index (χ3n) is 3.10. The molecular formula is C15H13ClN2O3. The highest BCUT2D eigenvalue weighted by molar-refractivity contribution is 6.32. The lowest BCUT2D eigenvalue weighted by Crippen LogP contribution is -2.39. The van der Waals surface area contributed by atoms with Crippen molar-refractivity contribution in [3.05, 3.63) is 53.1 Å². The number of nitrogens with zero attached hydrogens (tertiary/aromatic N) is 1. The lowest BCUT2D eigenvalue weighted by molar-refractivity contribution is 0.0951. The largest absolute Gasteiger partial charge is 0.454 e. The minimum Gasteiger partial charge on any atom is -0.454 e. The number of carbonyl (C=O) groups is 1. The smallest absolute Gasteiger partial charge is 0.269 e. The number of ether oxygens (including phenoxy) is 2. The van der Waals surface area contributed by atoms with Crippen molar-refractivity contribution in [1.82, 2.24) is 5.43 Å². The molecule has 1 heterocycles. The number of benzene rings is 2. The number of hydrogen-bond acceptors (Lipinski definition) is 4. The van der Waals surface area contributed by atoms with Gasteiger partial charge in [-0.25, -0.2) is 0 Å². The summed E-state index contributed by atoms with van der Waals surface area (Å²) in [6, 6.07) is 12.7. The van der Waals surface area contributed by atoms with Crippen molar-refractivity contribution in [2.24, 2.45) is 0 Å². The topological polar surface area (TPSA) is 50.8 Å². The second-order valence-electron chi connectivity index (χ2n) is 4.53. The van der Waals surface area contributed by atoms with Crippen LogP contribution < -0.4 is 19.9 Å². The zero-order chi connectivity index (χ0) is 14.8. The van der Waals surface area contributed by atoms with Crippen LogP contribution in [0.4, 0.5) is 5.69 Å². The Morgan fingerprint density at radius 1 is 1.24 bits per heavy atom. The molecular weight excluding hydrogens is 292 g/mol. The van der Waals surface area contributed by atoms with Gasteiger partial charge >= 0.3 is 0 Å². The maximum absolute atomic E-state index is 12.3. The molecule has 0 saturated carbocycles. The zero-order valence-electron chi connectivity index (χ0n) is 11.3. The molecule has 0 atom stereocenters. The minimum atomic E-state index is -0.276. The molecule has 1 aliphatic heterocycles. The Morgan fingerprint density at radius 3 is 2.76 bits per heavy atom. The van der Waals surface area contributed by atoms with Gasteiger partial charge in [-0.05, 0) is 24.3 Å². The summed E-state index contributed by atoms with van der Waals surface area (Å²) in [5, 5.41) is 2.00. The average molecular weight is 305 g/mol. The fourth-order valence-corrected chi connectivity index (χ4v) is 2.30. The highest BCUT2D eigenvalue weighted by atomic mass is 35.5. The van der Waals surface area contributed by atoms with E-state index in [1.807, 2.05) is 30.3 Å². The molecule has 0 aliphatic carbocycles. The van der Waals surface area contributed by atoms with E-state index in [1.54, 1.807) is 24.2 Å². The molecule has 108 valence electrons. The number of halogens is 1. The maximum Gasteiger partial charge on any atom is 0.269 e. The molecule has 5 nitrogen and oxygen atoms in total. The summed E-state index contributed by atoms with van der Waals surface area (Å²) >= 11 is 6.07. The van der Waals surface area contributed by atoms with Crippen LogP contribution in [0.3, 0.4) is 0 Å². The van der Waals surface area contributed by atoms with Crippen molar-refractivity contribution < 1.29 is 14.3 Å². The molecule has 0 fully saturated rings. The van der Waals surface area contributed by atoms with Gasteiger partial charge in [-0.15, -0.1) is 0 Å². The number of para-hydroxylation sites is 1. The molecule has 3 rings (SSSR count). The van der Waals surface area contributed by atoms with E-state index in [1.165, 1.54) is 0 Å². The SMILES string of the molecule is CN(NC(=O)c1cc(Cl)c2c(c1)OCO2)c1ccccc1. The number of hydrazine groups is 1. The number of nitrogens with one attached hydrogen (secondary N) is 1. The number of anilines is 1. The Hall–Kier alpha value is -2.40. The third-order valence-corrected chi connectivity index (χ3v) is 3.38. The summed E-state index contributed by atoms with van der Waals surface area (Å²) in [7, 11) is 1.77. The summed E-state index contributed by atoms with van der Waals surface area (Å²) in [4.78, 5) is 12.3. The van der Waals surface area contributed by atoms with E-state index in [0.717, 1.165) is 5.69 Å². The van der Waals surface area contributed by atoms with Gasteiger partial charge in [0.15, 0.2) is 11.5 Å². The number of rotatable bonds is 3. The first kappa shape index (κ1) is 13.6. The summed E-state index contributed by atoms with van der Waals surface area (Å²) < 4.78 is 10.5. The van der Waals surface area contributed by atoms with Gasteiger partial charge in [-0.1, -0.05) is 29.8 Å². The standard InChI is InChI=1S/C15H13ClN2O3/c1-18(11-5-3-2-4-6-11)17-15(19)10-7-12(16)14-13(8-10)20-9-21-14/h2-8H,9H2,1H3,(H,17,19). The molecule has 0 saturated heterocycles. The molecule has 1 aliphatic rings.